The molecule has 294 valence electrons. The fraction of sp³-hybridized carbons (Fsp3) is 0.600. The van der Waals surface area contributed by atoms with E-state index in [1.165, 1.54) is 29.4 Å². The molecule has 0 bridgehead atoms. The van der Waals surface area contributed by atoms with E-state index in [0.29, 0.717) is 37.0 Å². The number of aryl methyl sites for hydroxylation is 1. The predicted molar refractivity (Wildman–Crippen MR) is 206 cm³/mol. The standard InChI is InChI=1S/C40H63N7O6/c1-11-41-38(51)34(27(4)5)45-35(48)28(6)42-25-31(23-26(2)3)43-37(50)33(18-17-29-15-13-12-14-16-29)46(10)39(52)32(24-40(7,8)9)44-36(49)30-19-21-47(53)22-20-30/h12-16,19-22,26-28,31-34,42H,11,17-18,23-25H2,1-10H3,(H,41,51)(H,43,50)(H,44,49)(H,45,48)/t28-,31-,32-,33-,34-/m0/s1. The van der Waals surface area contributed by atoms with E-state index in [1.54, 1.807) is 14.0 Å². The largest absolute Gasteiger partial charge is 0.619 e. The zero-order valence-electron chi connectivity index (χ0n) is 33.3. The van der Waals surface area contributed by atoms with Crippen LogP contribution in [0.4, 0.5) is 0 Å². The molecule has 0 aliphatic heterocycles. The van der Waals surface area contributed by atoms with Gasteiger partial charge in [0.1, 0.15) is 18.1 Å². The molecule has 1 aromatic heterocycles. The predicted octanol–water partition coefficient (Wildman–Crippen LogP) is 3.10. The van der Waals surface area contributed by atoms with E-state index in [2.05, 4.69) is 26.6 Å². The van der Waals surface area contributed by atoms with Crippen molar-refractivity contribution in [3.05, 3.63) is 71.2 Å². The molecule has 13 heteroatoms. The molecule has 0 saturated carbocycles. The lowest BCUT2D eigenvalue weighted by Crippen LogP contribution is -2.58. The van der Waals surface area contributed by atoms with Crippen molar-refractivity contribution < 1.29 is 28.7 Å². The number of carbonyl (C=O) groups is 5. The van der Waals surface area contributed by atoms with Crippen molar-refractivity contribution in [2.75, 3.05) is 20.1 Å². The van der Waals surface area contributed by atoms with Gasteiger partial charge in [-0.2, -0.15) is 4.73 Å². The van der Waals surface area contributed by atoms with Crippen molar-refractivity contribution in [2.24, 2.45) is 17.3 Å². The molecule has 5 atom stereocenters. The molecule has 1 heterocycles. The molecular formula is C40H63N7O6. The Bertz CT molecular complexity index is 1480. The summed E-state index contributed by atoms with van der Waals surface area (Å²) in [6.45, 7) is 18.0. The van der Waals surface area contributed by atoms with E-state index < -0.39 is 36.0 Å². The number of likely N-dealkylation sites (N-methyl/N-ethyl adjacent to an activating group) is 2. The Kier molecular flexibility index (Phi) is 17.9. The molecule has 13 nitrogen and oxygen atoms in total. The fourth-order valence-electron chi connectivity index (χ4n) is 6.04. The Balaban J connectivity index is 2.31. The Hall–Kier alpha value is -4.52. The van der Waals surface area contributed by atoms with Crippen LogP contribution in [0.15, 0.2) is 54.9 Å². The fourth-order valence-corrected chi connectivity index (χ4v) is 6.04. The number of carbonyl (C=O) groups excluding carboxylic acids is 5. The van der Waals surface area contributed by atoms with Gasteiger partial charge in [0, 0.05) is 38.3 Å². The number of benzene rings is 1. The second-order valence-corrected chi connectivity index (χ2v) is 15.8. The van der Waals surface area contributed by atoms with Crippen LogP contribution in [-0.2, 0) is 25.6 Å². The number of hydrogen-bond donors (Lipinski definition) is 5. The first-order valence-corrected chi connectivity index (χ1v) is 18.7. The summed E-state index contributed by atoms with van der Waals surface area (Å²) in [7, 11) is 1.59. The maximum atomic E-state index is 14.3. The molecule has 0 fully saturated rings. The maximum Gasteiger partial charge on any atom is 0.252 e. The minimum atomic E-state index is -0.944. The molecule has 5 N–H and O–H groups in total. The molecule has 0 aliphatic carbocycles. The molecule has 1 aromatic carbocycles. The zero-order valence-corrected chi connectivity index (χ0v) is 33.3. The van der Waals surface area contributed by atoms with Crippen molar-refractivity contribution in [3.8, 4) is 0 Å². The third-order valence-electron chi connectivity index (χ3n) is 8.92. The lowest BCUT2D eigenvalue weighted by atomic mass is 9.87. The summed E-state index contributed by atoms with van der Waals surface area (Å²) >= 11 is 0. The van der Waals surface area contributed by atoms with E-state index in [4.69, 9.17) is 0 Å². The highest BCUT2D eigenvalue weighted by molar-refractivity contribution is 5.98. The molecule has 2 aromatic rings. The number of hydrogen-bond acceptors (Lipinski definition) is 7. The highest BCUT2D eigenvalue weighted by Crippen LogP contribution is 2.23. The number of amides is 5. The van der Waals surface area contributed by atoms with E-state index >= 15 is 0 Å². The van der Waals surface area contributed by atoms with Crippen molar-refractivity contribution in [2.45, 2.75) is 118 Å². The first-order valence-electron chi connectivity index (χ1n) is 18.7. The molecule has 53 heavy (non-hydrogen) atoms. The average molecular weight is 738 g/mol. The molecule has 0 saturated heterocycles. The monoisotopic (exact) mass is 737 g/mol. The Morgan fingerprint density at radius 2 is 1.47 bits per heavy atom. The van der Waals surface area contributed by atoms with E-state index in [-0.39, 0.29) is 53.1 Å². The summed E-state index contributed by atoms with van der Waals surface area (Å²) in [6.07, 6.45) is 4.20. The highest BCUT2D eigenvalue weighted by Gasteiger charge is 2.35. The van der Waals surface area contributed by atoms with Gasteiger partial charge in [-0.25, -0.2) is 0 Å². The normalized spacial score (nSPS) is 14.4. The maximum absolute atomic E-state index is 14.3. The third-order valence-corrected chi connectivity index (χ3v) is 8.92. The highest BCUT2D eigenvalue weighted by atomic mass is 16.5. The van der Waals surface area contributed by atoms with Gasteiger partial charge >= 0.3 is 0 Å². The van der Waals surface area contributed by atoms with Crippen LogP contribution in [-0.4, -0.2) is 84.8 Å². The van der Waals surface area contributed by atoms with Gasteiger partial charge in [0.2, 0.25) is 23.6 Å². The van der Waals surface area contributed by atoms with Crippen LogP contribution >= 0.6 is 0 Å². The SMILES string of the molecule is CCNC(=O)[C@@H](NC(=O)[C@H](C)NC[C@H](CC(C)C)NC(=O)[C@H](CCc1ccccc1)N(C)C(=O)[C@H](CC(C)(C)C)NC(=O)c1cc[n+]([O-])cc1)C(C)C. The lowest BCUT2D eigenvalue weighted by Gasteiger charge is -2.34. The van der Waals surface area contributed by atoms with Gasteiger partial charge in [-0.15, -0.1) is 0 Å². The van der Waals surface area contributed by atoms with Crippen molar-refractivity contribution in [1.82, 2.24) is 31.5 Å². The van der Waals surface area contributed by atoms with Crippen LogP contribution in [0.2, 0.25) is 0 Å². The van der Waals surface area contributed by atoms with Gasteiger partial charge in [0.25, 0.3) is 5.91 Å². The number of aromatic nitrogens is 1. The van der Waals surface area contributed by atoms with Crippen LogP contribution in [0.25, 0.3) is 0 Å². The Labute approximate surface area is 316 Å². The topological polar surface area (TPSA) is 176 Å². The van der Waals surface area contributed by atoms with Gasteiger partial charge in [0.05, 0.1) is 11.6 Å². The molecule has 0 aliphatic rings. The Morgan fingerprint density at radius 1 is 0.849 bits per heavy atom. The van der Waals surface area contributed by atoms with Gasteiger partial charge < -0.3 is 36.7 Å². The lowest BCUT2D eigenvalue weighted by molar-refractivity contribution is -0.605. The number of pyridine rings is 1. The summed E-state index contributed by atoms with van der Waals surface area (Å²) in [6, 6.07) is 8.95. The first kappa shape index (κ1) is 44.6. The quantitative estimate of drug-likeness (QED) is 0.103. The molecule has 0 unspecified atom stereocenters. The van der Waals surface area contributed by atoms with E-state index in [0.717, 1.165) is 5.56 Å². The third kappa shape index (κ3) is 15.5. The minimum Gasteiger partial charge on any atom is -0.619 e. The Morgan fingerprint density at radius 3 is 2.02 bits per heavy atom. The van der Waals surface area contributed by atoms with Crippen LogP contribution in [0.3, 0.4) is 0 Å². The van der Waals surface area contributed by atoms with Crippen molar-refractivity contribution >= 4 is 29.5 Å². The van der Waals surface area contributed by atoms with E-state index in [1.807, 2.05) is 85.7 Å². The number of nitrogens with one attached hydrogen (secondary N) is 5. The van der Waals surface area contributed by atoms with Crippen LogP contribution < -0.4 is 31.3 Å². The molecular weight excluding hydrogens is 674 g/mol. The molecule has 2 rings (SSSR count). The molecule has 0 spiro atoms. The van der Waals surface area contributed by atoms with E-state index in [9.17, 15) is 29.2 Å². The minimum absolute atomic E-state index is 0.112. The average Bonchev–Trinajstić information content (AvgIpc) is 3.08. The number of nitrogens with zero attached hydrogens (tertiary/aromatic N) is 2. The van der Waals surface area contributed by atoms with Crippen LogP contribution in [0, 0.1) is 22.5 Å². The van der Waals surface area contributed by atoms with Crippen molar-refractivity contribution in [1.29, 1.82) is 0 Å². The number of rotatable bonds is 20. The van der Waals surface area contributed by atoms with Gasteiger partial charge in [-0.3, -0.25) is 24.0 Å². The zero-order chi connectivity index (χ0) is 39.9. The smallest absolute Gasteiger partial charge is 0.252 e. The summed E-state index contributed by atoms with van der Waals surface area (Å²) < 4.78 is 0.576. The van der Waals surface area contributed by atoms with Gasteiger partial charge in [0.15, 0.2) is 12.4 Å². The van der Waals surface area contributed by atoms with Gasteiger partial charge in [-0.05, 0) is 62.3 Å². The molecule has 0 radical (unpaired) electrons. The second kappa shape index (κ2) is 21.2. The summed E-state index contributed by atoms with van der Waals surface area (Å²) in [4.78, 5) is 68.9. The molecule has 5 amide bonds. The van der Waals surface area contributed by atoms with Crippen LogP contribution in [0.5, 0.6) is 0 Å². The summed E-state index contributed by atoms with van der Waals surface area (Å²) in [5, 5.41) is 26.4. The van der Waals surface area contributed by atoms with Crippen molar-refractivity contribution in [3.63, 3.8) is 0 Å². The first-order chi connectivity index (χ1) is 24.8. The second-order valence-electron chi connectivity index (χ2n) is 15.8. The van der Waals surface area contributed by atoms with Crippen LogP contribution in [0.1, 0.15) is 97.5 Å². The summed E-state index contributed by atoms with van der Waals surface area (Å²) in [5.74, 6) is -1.73. The summed E-state index contributed by atoms with van der Waals surface area (Å²) in [5.41, 5.74) is 0.899. The van der Waals surface area contributed by atoms with Gasteiger partial charge in [-0.1, -0.05) is 78.8 Å².